The van der Waals surface area contributed by atoms with Crippen molar-refractivity contribution in [2.45, 2.75) is 32.7 Å². The molecule has 0 unspecified atom stereocenters. The van der Waals surface area contributed by atoms with Crippen LogP contribution in [0, 0.1) is 0 Å². The lowest BCUT2D eigenvalue weighted by molar-refractivity contribution is -0.147. The smallest absolute Gasteiger partial charge is 0.331 e. The van der Waals surface area contributed by atoms with E-state index in [0.29, 0.717) is 24.3 Å². The summed E-state index contributed by atoms with van der Waals surface area (Å²) in [6.07, 6.45) is 0.441. The third-order valence-electron chi connectivity index (χ3n) is 3.14. The molecule has 0 radical (unpaired) electrons. The van der Waals surface area contributed by atoms with Crippen LogP contribution in [0.4, 0.5) is 0 Å². The molecular weight excluding hydrogens is 258 g/mol. The van der Waals surface area contributed by atoms with E-state index in [1.807, 2.05) is 13.8 Å². The Bertz CT molecular complexity index is 487. The summed E-state index contributed by atoms with van der Waals surface area (Å²) in [5.74, 6) is -0.174. The first-order valence-corrected chi connectivity index (χ1v) is 6.60. The molecule has 0 saturated carbocycles. The fourth-order valence-electron chi connectivity index (χ4n) is 1.73. The van der Waals surface area contributed by atoms with Gasteiger partial charge >= 0.3 is 5.97 Å². The van der Waals surface area contributed by atoms with E-state index < -0.39 is 11.5 Å². The number of hydrogen-bond acceptors (Lipinski definition) is 4. The average molecular weight is 279 g/mol. The summed E-state index contributed by atoms with van der Waals surface area (Å²) in [4.78, 5) is 24.0. The Morgan fingerprint density at radius 1 is 1.30 bits per heavy atom. The Hall–Kier alpha value is -2.04. The lowest BCUT2D eigenvalue weighted by atomic mass is 9.98. The highest BCUT2D eigenvalue weighted by Crippen LogP contribution is 2.16. The van der Waals surface area contributed by atoms with Gasteiger partial charge in [-0.05, 0) is 38.5 Å². The zero-order valence-electron chi connectivity index (χ0n) is 12.4. The van der Waals surface area contributed by atoms with Crippen LogP contribution in [0.25, 0.3) is 0 Å². The van der Waals surface area contributed by atoms with Crippen molar-refractivity contribution in [1.29, 1.82) is 0 Å². The minimum absolute atomic E-state index is 0.332. The number of carbonyl (C=O) groups excluding carboxylic acids is 2. The monoisotopic (exact) mass is 279 g/mol. The molecule has 0 aliphatic heterocycles. The second kappa shape index (κ2) is 6.93. The Morgan fingerprint density at radius 2 is 2.00 bits per heavy atom. The van der Waals surface area contributed by atoms with Crippen LogP contribution in [0.2, 0.25) is 0 Å². The first-order valence-electron chi connectivity index (χ1n) is 6.60. The van der Waals surface area contributed by atoms with Crippen molar-refractivity contribution in [3.63, 3.8) is 0 Å². The Kier molecular flexibility index (Phi) is 5.55. The van der Waals surface area contributed by atoms with Crippen LogP contribution in [0.5, 0.6) is 5.75 Å². The van der Waals surface area contributed by atoms with Crippen molar-refractivity contribution >= 4 is 11.9 Å². The largest absolute Gasteiger partial charge is 0.494 e. The molecule has 1 amide bonds. The maximum atomic E-state index is 12.2. The van der Waals surface area contributed by atoms with Crippen molar-refractivity contribution in [2.75, 3.05) is 13.7 Å². The van der Waals surface area contributed by atoms with Crippen LogP contribution in [-0.4, -0.2) is 31.1 Å². The lowest BCUT2D eigenvalue weighted by Gasteiger charge is -2.26. The molecule has 20 heavy (non-hydrogen) atoms. The normalized spacial score (nSPS) is 13.2. The average Bonchev–Trinajstić information content (AvgIpc) is 2.46. The molecule has 1 N–H and O–H groups in total. The Balaban J connectivity index is 2.89. The number of carbonyl (C=O) groups is 2. The van der Waals surface area contributed by atoms with Gasteiger partial charge in [-0.2, -0.15) is 0 Å². The molecule has 1 atom stereocenters. The molecule has 0 heterocycles. The number of benzene rings is 1. The van der Waals surface area contributed by atoms with Crippen LogP contribution in [-0.2, 0) is 9.53 Å². The highest BCUT2D eigenvalue weighted by Gasteiger charge is 2.34. The Labute approximate surface area is 119 Å². The van der Waals surface area contributed by atoms with Gasteiger partial charge in [0.05, 0.1) is 13.7 Å². The van der Waals surface area contributed by atoms with Crippen LogP contribution in [0.15, 0.2) is 24.3 Å². The van der Waals surface area contributed by atoms with Gasteiger partial charge in [-0.1, -0.05) is 13.0 Å². The van der Waals surface area contributed by atoms with E-state index in [1.165, 1.54) is 7.11 Å². The van der Waals surface area contributed by atoms with E-state index in [-0.39, 0.29) is 5.91 Å². The molecule has 1 rings (SSSR count). The number of esters is 1. The number of nitrogens with one attached hydrogen (secondary N) is 1. The third-order valence-corrected chi connectivity index (χ3v) is 3.14. The molecule has 0 aliphatic rings. The van der Waals surface area contributed by atoms with Gasteiger partial charge in [0.1, 0.15) is 11.3 Å². The van der Waals surface area contributed by atoms with Crippen LogP contribution < -0.4 is 10.1 Å². The van der Waals surface area contributed by atoms with Crippen molar-refractivity contribution in [2.24, 2.45) is 0 Å². The first-order chi connectivity index (χ1) is 9.46. The van der Waals surface area contributed by atoms with Gasteiger partial charge in [0.2, 0.25) is 0 Å². The number of hydrogen-bond donors (Lipinski definition) is 1. The predicted molar refractivity (Wildman–Crippen MR) is 75.8 cm³/mol. The molecule has 1 aromatic carbocycles. The first kappa shape index (κ1) is 16.0. The third kappa shape index (κ3) is 3.73. The second-order valence-electron chi connectivity index (χ2n) is 4.59. The highest BCUT2D eigenvalue weighted by atomic mass is 16.5. The zero-order valence-corrected chi connectivity index (χ0v) is 12.4. The lowest BCUT2D eigenvalue weighted by Crippen LogP contribution is -2.52. The van der Waals surface area contributed by atoms with Gasteiger partial charge in [0.25, 0.3) is 5.91 Å². The van der Waals surface area contributed by atoms with Crippen molar-refractivity contribution < 1.29 is 19.1 Å². The summed E-state index contributed by atoms with van der Waals surface area (Å²) >= 11 is 0. The molecule has 5 heteroatoms. The molecule has 0 saturated heterocycles. The topological polar surface area (TPSA) is 64.6 Å². The van der Waals surface area contributed by atoms with Gasteiger partial charge in [-0.3, -0.25) is 4.79 Å². The van der Waals surface area contributed by atoms with Gasteiger partial charge in [-0.15, -0.1) is 0 Å². The molecule has 1 aromatic rings. The standard InChI is InChI=1S/C15H21NO4/c1-5-15(3,14(18)19-4)16-13(17)11-8-7-9-12(10-11)20-6-2/h7-10H,5-6H2,1-4H3,(H,16,17)/t15-/m1/s1. The molecule has 0 spiro atoms. The number of amides is 1. The maximum absolute atomic E-state index is 12.2. The van der Waals surface area contributed by atoms with Crippen LogP contribution in [0.1, 0.15) is 37.6 Å². The van der Waals surface area contributed by atoms with E-state index in [4.69, 9.17) is 9.47 Å². The van der Waals surface area contributed by atoms with E-state index in [0.717, 1.165) is 0 Å². The SMILES string of the molecule is CCOc1cccc(C(=O)N[C@](C)(CC)C(=O)OC)c1. The van der Waals surface area contributed by atoms with E-state index in [9.17, 15) is 9.59 Å². The molecule has 110 valence electrons. The summed E-state index contributed by atoms with van der Waals surface area (Å²) in [6, 6.07) is 6.83. The Morgan fingerprint density at radius 3 is 2.55 bits per heavy atom. The molecule has 0 aromatic heterocycles. The predicted octanol–water partition coefficient (Wildman–Crippen LogP) is 2.16. The molecule has 0 bridgehead atoms. The van der Waals surface area contributed by atoms with E-state index in [2.05, 4.69) is 5.32 Å². The van der Waals surface area contributed by atoms with Crippen LogP contribution in [0.3, 0.4) is 0 Å². The van der Waals surface area contributed by atoms with Crippen molar-refractivity contribution in [3.8, 4) is 5.75 Å². The summed E-state index contributed by atoms with van der Waals surface area (Å²) in [6.45, 7) is 5.86. The van der Waals surface area contributed by atoms with Crippen molar-refractivity contribution in [1.82, 2.24) is 5.32 Å². The van der Waals surface area contributed by atoms with Gasteiger partial charge in [0, 0.05) is 5.56 Å². The summed E-state index contributed by atoms with van der Waals surface area (Å²) in [7, 11) is 1.30. The molecular formula is C15H21NO4. The molecule has 0 fully saturated rings. The quantitative estimate of drug-likeness (QED) is 0.810. The second-order valence-corrected chi connectivity index (χ2v) is 4.59. The minimum atomic E-state index is -1.03. The number of rotatable bonds is 6. The fraction of sp³-hybridized carbons (Fsp3) is 0.467. The highest BCUT2D eigenvalue weighted by molar-refractivity contribution is 5.98. The summed E-state index contributed by atoms with van der Waals surface area (Å²) in [5.41, 5.74) is -0.590. The summed E-state index contributed by atoms with van der Waals surface area (Å²) in [5, 5.41) is 2.71. The summed E-state index contributed by atoms with van der Waals surface area (Å²) < 4.78 is 10.1. The van der Waals surface area contributed by atoms with Gasteiger partial charge < -0.3 is 14.8 Å². The molecule has 5 nitrogen and oxygen atoms in total. The van der Waals surface area contributed by atoms with Gasteiger partial charge in [0.15, 0.2) is 0 Å². The number of methoxy groups -OCH3 is 1. The maximum Gasteiger partial charge on any atom is 0.331 e. The van der Waals surface area contributed by atoms with E-state index in [1.54, 1.807) is 31.2 Å². The van der Waals surface area contributed by atoms with E-state index >= 15 is 0 Å². The fourth-order valence-corrected chi connectivity index (χ4v) is 1.73. The molecule has 0 aliphatic carbocycles. The zero-order chi connectivity index (χ0) is 15.2. The van der Waals surface area contributed by atoms with Crippen LogP contribution >= 0.6 is 0 Å². The van der Waals surface area contributed by atoms with Gasteiger partial charge in [-0.25, -0.2) is 4.79 Å². The number of ether oxygens (including phenoxy) is 2. The van der Waals surface area contributed by atoms with Crippen molar-refractivity contribution in [3.05, 3.63) is 29.8 Å². The minimum Gasteiger partial charge on any atom is -0.494 e.